The highest BCUT2D eigenvalue weighted by molar-refractivity contribution is 6.31. The second kappa shape index (κ2) is 11.2. The monoisotopic (exact) mass is 439 g/mol. The maximum Gasteiger partial charge on any atom is 0.285 e. The van der Waals surface area contributed by atoms with Gasteiger partial charge in [-0.05, 0) is 50.1 Å². The van der Waals surface area contributed by atoms with Crippen molar-refractivity contribution in [3.63, 3.8) is 0 Å². The number of ether oxygens (including phenoxy) is 1. The van der Waals surface area contributed by atoms with E-state index in [9.17, 15) is 4.79 Å². The summed E-state index contributed by atoms with van der Waals surface area (Å²) in [6.45, 7) is 5.05. The topological polar surface area (TPSA) is 75.9 Å². The lowest BCUT2D eigenvalue weighted by Gasteiger charge is -2.08. The number of hydrazone groups is 1. The summed E-state index contributed by atoms with van der Waals surface area (Å²) >= 11 is 6.21. The number of aryl methyl sites for hydroxylation is 2. The minimum Gasteiger partial charge on any atom is -0.460 e. The number of hydrogen-bond acceptors (Lipinski definition) is 5. The van der Waals surface area contributed by atoms with Gasteiger partial charge in [0.1, 0.15) is 6.61 Å². The van der Waals surface area contributed by atoms with Crippen molar-refractivity contribution in [2.24, 2.45) is 5.10 Å². The molecule has 2 N–H and O–H groups in total. The molecule has 3 rings (SSSR count). The van der Waals surface area contributed by atoms with Crippen LogP contribution >= 0.6 is 11.6 Å². The normalized spacial score (nSPS) is 10.9. The summed E-state index contributed by atoms with van der Waals surface area (Å²) in [5.74, 6) is 0.681. The van der Waals surface area contributed by atoms with Crippen molar-refractivity contribution in [2.45, 2.75) is 33.3 Å². The number of halogens is 1. The lowest BCUT2D eigenvalue weighted by molar-refractivity contribution is -0.121. The van der Waals surface area contributed by atoms with Crippen molar-refractivity contribution in [2.75, 3.05) is 11.9 Å². The van der Waals surface area contributed by atoms with Crippen molar-refractivity contribution >= 4 is 29.4 Å². The molecule has 0 aliphatic rings. The molecule has 1 aromatic heterocycles. The Morgan fingerprint density at radius 1 is 1.13 bits per heavy atom. The molecule has 0 fully saturated rings. The summed E-state index contributed by atoms with van der Waals surface area (Å²) in [5, 5.41) is 7.88. The Bertz CT molecular complexity index is 1010. The molecule has 0 aliphatic carbocycles. The number of amides is 1. The second-order valence-corrected chi connectivity index (χ2v) is 7.58. The molecule has 2 aromatic carbocycles. The van der Waals surface area contributed by atoms with Crippen LogP contribution in [0.4, 0.5) is 5.69 Å². The minimum absolute atomic E-state index is 0.154. The van der Waals surface area contributed by atoms with E-state index in [2.05, 4.69) is 15.8 Å². The van der Waals surface area contributed by atoms with Gasteiger partial charge in [0.25, 0.3) is 5.95 Å². The van der Waals surface area contributed by atoms with Gasteiger partial charge in [0.15, 0.2) is 5.76 Å². The van der Waals surface area contributed by atoms with Crippen molar-refractivity contribution in [1.29, 1.82) is 0 Å². The molecular formula is C24H26ClN3O3. The minimum atomic E-state index is -0.154. The Balaban J connectivity index is 1.36. The van der Waals surface area contributed by atoms with Crippen LogP contribution in [0.2, 0.25) is 5.02 Å². The number of rotatable bonds is 10. The number of furan rings is 1. The van der Waals surface area contributed by atoms with Crippen LogP contribution < -0.4 is 15.5 Å². The van der Waals surface area contributed by atoms with E-state index in [-0.39, 0.29) is 5.91 Å². The van der Waals surface area contributed by atoms with Gasteiger partial charge in [-0.25, -0.2) is 5.43 Å². The van der Waals surface area contributed by atoms with E-state index in [1.54, 1.807) is 12.1 Å². The highest BCUT2D eigenvalue weighted by Crippen LogP contribution is 2.22. The highest BCUT2D eigenvalue weighted by Gasteiger charge is 2.07. The zero-order valence-corrected chi connectivity index (χ0v) is 18.4. The van der Waals surface area contributed by atoms with E-state index < -0.39 is 0 Å². The maximum absolute atomic E-state index is 11.9. The van der Waals surface area contributed by atoms with Crippen molar-refractivity contribution < 1.29 is 13.9 Å². The number of carbonyl (C=O) groups excluding carboxylic acids is 1. The van der Waals surface area contributed by atoms with Crippen LogP contribution in [0.25, 0.3) is 0 Å². The van der Waals surface area contributed by atoms with E-state index in [0.29, 0.717) is 42.7 Å². The summed E-state index contributed by atoms with van der Waals surface area (Å²) in [4.78, 5) is 11.9. The molecule has 3 aromatic rings. The summed E-state index contributed by atoms with van der Waals surface area (Å²) in [5.41, 5.74) is 6.74. The van der Waals surface area contributed by atoms with Crippen molar-refractivity contribution in [3.05, 3.63) is 82.1 Å². The Morgan fingerprint density at radius 3 is 2.71 bits per heavy atom. The first kappa shape index (κ1) is 22.4. The number of hydrogen-bond donors (Lipinski definition) is 2. The Morgan fingerprint density at radius 2 is 1.94 bits per heavy atom. The summed E-state index contributed by atoms with van der Waals surface area (Å²) in [6.07, 6.45) is 2.52. The van der Waals surface area contributed by atoms with Crippen LogP contribution in [0.15, 0.2) is 64.1 Å². The first-order valence-corrected chi connectivity index (χ1v) is 10.5. The van der Waals surface area contributed by atoms with Crippen LogP contribution in [0, 0.1) is 13.8 Å². The van der Waals surface area contributed by atoms with Gasteiger partial charge in [-0.2, -0.15) is 5.10 Å². The molecule has 162 valence electrons. The van der Waals surface area contributed by atoms with Crippen LogP contribution in [0.3, 0.4) is 0 Å². The van der Waals surface area contributed by atoms with Gasteiger partial charge in [-0.3, -0.25) is 4.79 Å². The molecule has 7 heteroatoms. The van der Waals surface area contributed by atoms with Gasteiger partial charge in [0.05, 0.1) is 6.21 Å². The number of nitrogens with zero attached hydrogens (tertiary/aromatic N) is 1. The number of anilines is 1. The smallest absolute Gasteiger partial charge is 0.285 e. The zero-order chi connectivity index (χ0) is 22.1. The molecule has 31 heavy (non-hydrogen) atoms. The molecule has 0 unspecified atom stereocenters. The van der Waals surface area contributed by atoms with Crippen LogP contribution in [0.1, 0.15) is 35.3 Å². The average molecular weight is 440 g/mol. The Hall–Kier alpha value is -3.25. The molecule has 0 bridgehead atoms. The quantitative estimate of drug-likeness (QED) is 0.249. The third-order valence-corrected chi connectivity index (χ3v) is 5.01. The van der Waals surface area contributed by atoms with E-state index in [0.717, 1.165) is 16.8 Å². The van der Waals surface area contributed by atoms with Gasteiger partial charge >= 0.3 is 0 Å². The average Bonchev–Trinajstić information content (AvgIpc) is 3.20. The van der Waals surface area contributed by atoms with E-state index >= 15 is 0 Å². The van der Waals surface area contributed by atoms with Crippen molar-refractivity contribution in [3.8, 4) is 5.95 Å². The SMILES string of the molecule is Cc1ccc(NCCCC(=O)N/N=C/c2ccc(OCc3c(C)cccc3Cl)o2)cc1. The predicted molar refractivity (Wildman–Crippen MR) is 124 cm³/mol. The summed E-state index contributed by atoms with van der Waals surface area (Å²) in [6, 6.07) is 17.3. The lowest BCUT2D eigenvalue weighted by Crippen LogP contribution is -2.18. The largest absolute Gasteiger partial charge is 0.460 e. The van der Waals surface area contributed by atoms with Gasteiger partial charge in [-0.1, -0.05) is 41.4 Å². The predicted octanol–water partition coefficient (Wildman–Crippen LogP) is 5.47. The third kappa shape index (κ3) is 7.19. The standard InChI is InChI=1S/C24H26ClN3O3/c1-17-8-10-19(11-9-17)26-14-4-7-23(29)28-27-15-20-12-13-24(31-20)30-16-21-18(2)5-3-6-22(21)25/h3,5-6,8-13,15,26H,4,7,14,16H2,1-2H3,(H,28,29)/b27-15+. The Kier molecular flexibility index (Phi) is 8.12. The molecule has 0 atom stereocenters. The van der Waals surface area contributed by atoms with Crippen LogP contribution in [-0.2, 0) is 11.4 Å². The zero-order valence-electron chi connectivity index (χ0n) is 17.7. The fourth-order valence-corrected chi connectivity index (χ4v) is 3.13. The lowest BCUT2D eigenvalue weighted by atomic mass is 10.1. The molecule has 1 amide bonds. The van der Waals surface area contributed by atoms with E-state index in [4.69, 9.17) is 20.8 Å². The van der Waals surface area contributed by atoms with Gasteiger partial charge in [-0.15, -0.1) is 0 Å². The van der Waals surface area contributed by atoms with Gasteiger partial charge in [0, 0.05) is 35.3 Å². The number of benzene rings is 2. The summed E-state index contributed by atoms with van der Waals surface area (Å²) in [7, 11) is 0. The molecular weight excluding hydrogens is 414 g/mol. The van der Waals surface area contributed by atoms with Crippen LogP contribution in [-0.4, -0.2) is 18.7 Å². The molecule has 0 aliphatic heterocycles. The first-order valence-electron chi connectivity index (χ1n) is 10.1. The molecule has 6 nitrogen and oxygen atoms in total. The molecule has 1 heterocycles. The van der Waals surface area contributed by atoms with Gasteiger partial charge < -0.3 is 14.5 Å². The van der Waals surface area contributed by atoms with E-state index in [1.807, 2.05) is 56.3 Å². The van der Waals surface area contributed by atoms with E-state index in [1.165, 1.54) is 11.8 Å². The Labute approximate surface area is 187 Å². The fourth-order valence-electron chi connectivity index (χ4n) is 2.85. The number of nitrogens with one attached hydrogen (secondary N) is 2. The van der Waals surface area contributed by atoms with Crippen LogP contribution in [0.5, 0.6) is 5.95 Å². The number of carbonyl (C=O) groups is 1. The molecule has 0 radical (unpaired) electrons. The molecule has 0 saturated heterocycles. The molecule has 0 saturated carbocycles. The highest BCUT2D eigenvalue weighted by atomic mass is 35.5. The second-order valence-electron chi connectivity index (χ2n) is 7.17. The van der Waals surface area contributed by atoms with Crippen molar-refractivity contribution in [1.82, 2.24) is 5.43 Å². The summed E-state index contributed by atoms with van der Waals surface area (Å²) < 4.78 is 11.2. The third-order valence-electron chi connectivity index (χ3n) is 4.66. The maximum atomic E-state index is 11.9. The first-order chi connectivity index (χ1) is 15.0. The van der Waals surface area contributed by atoms with Gasteiger partial charge in [0.2, 0.25) is 5.91 Å². The fraction of sp³-hybridized carbons (Fsp3) is 0.250. The molecule has 0 spiro atoms.